The van der Waals surface area contributed by atoms with Crippen LogP contribution in [0.25, 0.3) is 0 Å². The fourth-order valence-electron chi connectivity index (χ4n) is 2.79. The number of amides is 2. The van der Waals surface area contributed by atoms with Crippen molar-refractivity contribution in [2.24, 2.45) is 0 Å². The highest BCUT2D eigenvalue weighted by atomic mass is 32.2. The smallest absolute Gasteiger partial charge is 0.244 e. The van der Waals surface area contributed by atoms with Gasteiger partial charge in [0, 0.05) is 18.8 Å². The number of fused-ring (bicyclic) bond motifs is 1. The summed E-state index contributed by atoms with van der Waals surface area (Å²) in [4.78, 5) is 23.4. The number of rotatable bonds is 2. The normalized spacial score (nSPS) is 21.2. The van der Waals surface area contributed by atoms with Crippen LogP contribution in [0, 0.1) is 0 Å². The van der Waals surface area contributed by atoms with Gasteiger partial charge in [-0.25, -0.2) is 8.42 Å². The summed E-state index contributed by atoms with van der Waals surface area (Å²) in [6, 6.07) is 4.55. The van der Waals surface area contributed by atoms with Crippen LogP contribution >= 0.6 is 0 Å². The van der Waals surface area contributed by atoms with Gasteiger partial charge in [0.1, 0.15) is 5.54 Å². The van der Waals surface area contributed by atoms with Gasteiger partial charge in [-0.2, -0.15) is 4.31 Å². The third-order valence-corrected chi connectivity index (χ3v) is 6.14. The van der Waals surface area contributed by atoms with Crippen molar-refractivity contribution in [3.63, 3.8) is 0 Å². The van der Waals surface area contributed by atoms with E-state index in [0.29, 0.717) is 11.3 Å². The molecular formula is C14H17N3O4S. The molecule has 1 aromatic rings. The molecule has 0 spiro atoms. The zero-order chi connectivity index (χ0) is 16.1. The number of benzene rings is 1. The molecule has 3 rings (SSSR count). The first-order valence-corrected chi connectivity index (χ1v) is 8.41. The molecule has 2 heterocycles. The Morgan fingerprint density at radius 1 is 1.23 bits per heavy atom. The van der Waals surface area contributed by atoms with Gasteiger partial charge in [-0.3, -0.25) is 9.59 Å². The number of hydrogen-bond donors (Lipinski definition) is 2. The average molecular weight is 323 g/mol. The number of carbonyl (C=O) groups excluding carboxylic acids is 2. The molecule has 7 nitrogen and oxygen atoms in total. The van der Waals surface area contributed by atoms with Crippen molar-refractivity contribution in [3.8, 4) is 0 Å². The highest BCUT2D eigenvalue weighted by Crippen LogP contribution is 2.30. The number of sulfonamides is 1. The van der Waals surface area contributed by atoms with Crippen LogP contribution in [0.4, 0.5) is 5.69 Å². The Morgan fingerprint density at radius 2 is 1.95 bits per heavy atom. The van der Waals surface area contributed by atoms with Gasteiger partial charge in [0.05, 0.1) is 11.3 Å². The summed E-state index contributed by atoms with van der Waals surface area (Å²) in [6.07, 6.45) is 0.169. The Bertz CT molecular complexity index is 770. The maximum atomic E-state index is 12.9. The Hall–Kier alpha value is -1.93. The van der Waals surface area contributed by atoms with Crippen molar-refractivity contribution >= 4 is 27.5 Å². The summed E-state index contributed by atoms with van der Waals surface area (Å²) in [5, 5.41) is 5.34. The van der Waals surface area contributed by atoms with Crippen molar-refractivity contribution in [2.45, 2.75) is 30.7 Å². The second-order valence-corrected chi connectivity index (χ2v) is 7.80. The minimum absolute atomic E-state index is 0.102. The van der Waals surface area contributed by atoms with Crippen molar-refractivity contribution in [3.05, 3.63) is 23.8 Å². The van der Waals surface area contributed by atoms with Gasteiger partial charge in [-0.1, -0.05) is 0 Å². The van der Waals surface area contributed by atoms with E-state index in [2.05, 4.69) is 10.6 Å². The molecule has 0 aromatic heterocycles. The fraction of sp³-hybridized carbons (Fsp3) is 0.429. The third kappa shape index (κ3) is 2.19. The molecule has 0 saturated carbocycles. The molecule has 118 valence electrons. The minimum Gasteiger partial charge on any atom is -0.353 e. The van der Waals surface area contributed by atoms with Gasteiger partial charge in [-0.05, 0) is 37.6 Å². The maximum Gasteiger partial charge on any atom is 0.244 e. The second kappa shape index (κ2) is 4.79. The Balaban J connectivity index is 2.02. The molecule has 2 aliphatic rings. The zero-order valence-corrected chi connectivity index (χ0v) is 13.2. The number of anilines is 1. The van der Waals surface area contributed by atoms with Gasteiger partial charge >= 0.3 is 0 Å². The van der Waals surface area contributed by atoms with Gasteiger partial charge < -0.3 is 10.6 Å². The molecule has 22 heavy (non-hydrogen) atoms. The molecular weight excluding hydrogens is 306 g/mol. The topological polar surface area (TPSA) is 95.6 Å². The van der Waals surface area contributed by atoms with Crippen LogP contribution in [0.15, 0.2) is 23.1 Å². The van der Waals surface area contributed by atoms with Crippen molar-refractivity contribution in [1.82, 2.24) is 9.62 Å². The Kier molecular flexibility index (Phi) is 3.26. The van der Waals surface area contributed by atoms with Crippen LogP contribution in [0.3, 0.4) is 0 Å². The van der Waals surface area contributed by atoms with E-state index in [4.69, 9.17) is 0 Å². The number of nitrogens with one attached hydrogen (secondary N) is 2. The number of nitrogens with zero attached hydrogens (tertiary/aromatic N) is 1. The molecule has 0 aliphatic carbocycles. The van der Waals surface area contributed by atoms with Crippen LogP contribution < -0.4 is 10.6 Å². The number of carbonyl (C=O) groups is 2. The quantitative estimate of drug-likeness (QED) is 0.806. The zero-order valence-electron chi connectivity index (χ0n) is 12.3. The summed E-state index contributed by atoms with van der Waals surface area (Å²) >= 11 is 0. The average Bonchev–Trinajstić information content (AvgIpc) is 2.80. The van der Waals surface area contributed by atoms with E-state index in [-0.39, 0.29) is 36.2 Å². The van der Waals surface area contributed by atoms with Crippen LogP contribution in [0.1, 0.15) is 19.4 Å². The summed E-state index contributed by atoms with van der Waals surface area (Å²) < 4.78 is 27.0. The van der Waals surface area contributed by atoms with Gasteiger partial charge in [-0.15, -0.1) is 0 Å². The molecule has 2 amide bonds. The number of piperazine rings is 1. The van der Waals surface area contributed by atoms with Gasteiger partial charge in [0.25, 0.3) is 0 Å². The standard InChI is InChI=1S/C14H17N3O4S/c1-14(2)13(19)15-5-6-17(14)22(20,21)10-3-4-11-9(7-10)8-12(18)16-11/h3-4,7H,5-6,8H2,1-2H3,(H,15,19)(H,16,18). The predicted octanol–water partition coefficient (Wildman–Crippen LogP) is 0.0803. The highest BCUT2D eigenvalue weighted by Gasteiger charge is 2.45. The molecule has 2 aliphatic heterocycles. The molecule has 0 unspecified atom stereocenters. The summed E-state index contributed by atoms with van der Waals surface area (Å²) in [6.45, 7) is 3.66. The van der Waals surface area contributed by atoms with Gasteiger partial charge in [0.15, 0.2) is 0 Å². The lowest BCUT2D eigenvalue weighted by molar-refractivity contribution is -0.131. The van der Waals surface area contributed by atoms with Crippen LogP contribution in [-0.2, 0) is 26.0 Å². The summed E-state index contributed by atoms with van der Waals surface area (Å²) in [5.41, 5.74) is 0.148. The monoisotopic (exact) mass is 323 g/mol. The van der Waals surface area contributed by atoms with E-state index < -0.39 is 15.6 Å². The molecule has 1 fully saturated rings. The lowest BCUT2D eigenvalue weighted by Crippen LogP contribution is -2.63. The highest BCUT2D eigenvalue weighted by molar-refractivity contribution is 7.89. The van der Waals surface area contributed by atoms with Crippen molar-refractivity contribution in [2.75, 3.05) is 18.4 Å². The summed E-state index contributed by atoms with van der Waals surface area (Å²) in [5.74, 6) is -0.470. The van der Waals surface area contributed by atoms with E-state index in [1.54, 1.807) is 19.9 Å². The lowest BCUT2D eigenvalue weighted by Gasteiger charge is -2.39. The third-order valence-electron chi connectivity index (χ3n) is 4.07. The molecule has 1 aromatic carbocycles. The first-order chi connectivity index (χ1) is 10.2. The molecule has 0 radical (unpaired) electrons. The van der Waals surface area contributed by atoms with E-state index in [0.717, 1.165) is 0 Å². The lowest BCUT2D eigenvalue weighted by atomic mass is 10.0. The van der Waals surface area contributed by atoms with Crippen molar-refractivity contribution < 1.29 is 18.0 Å². The first kappa shape index (κ1) is 15.0. The number of hydrogen-bond acceptors (Lipinski definition) is 4. The Morgan fingerprint density at radius 3 is 2.68 bits per heavy atom. The van der Waals surface area contributed by atoms with Crippen LogP contribution in [0.2, 0.25) is 0 Å². The second-order valence-electron chi connectivity index (χ2n) is 5.94. The van der Waals surface area contributed by atoms with E-state index in [9.17, 15) is 18.0 Å². The van der Waals surface area contributed by atoms with Crippen molar-refractivity contribution in [1.29, 1.82) is 0 Å². The van der Waals surface area contributed by atoms with E-state index >= 15 is 0 Å². The molecule has 0 bridgehead atoms. The maximum absolute atomic E-state index is 12.9. The SMILES string of the molecule is CC1(C)C(=O)NCCN1S(=O)(=O)c1ccc2c(c1)CC(=O)N2. The summed E-state index contributed by atoms with van der Waals surface area (Å²) in [7, 11) is -3.81. The van der Waals surface area contributed by atoms with Crippen LogP contribution in [0.5, 0.6) is 0 Å². The van der Waals surface area contributed by atoms with E-state index in [1.807, 2.05) is 0 Å². The minimum atomic E-state index is -3.81. The molecule has 8 heteroatoms. The molecule has 0 atom stereocenters. The Labute approximate surface area is 128 Å². The van der Waals surface area contributed by atoms with E-state index in [1.165, 1.54) is 16.4 Å². The van der Waals surface area contributed by atoms with Crippen LogP contribution in [-0.4, -0.2) is 43.2 Å². The molecule has 1 saturated heterocycles. The first-order valence-electron chi connectivity index (χ1n) is 6.97. The molecule has 2 N–H and O–H groups in total. The van der Waals surface area contributed by atoms with Gasteiger partial charge in [0.2, 0.25) is 21.8 Å². The largest absolute Gasteiger partial charge is 0.353 e. The fourth-order valence-corrected chi connectivity index (χ4v) is 4.60. The predicted molar refractivity (Wildman–Crippen MR) is 79.8 cm³/mol.